The molecule has 92 valence electrons. The third-order valence-corrected chi connectivity index (χ3v) is 2.73. The van der Waals surface area contributed by atoms with E-state index in [4.69, 9.17) is 4.74 Å². The zero-order valence-electron chi connectivity index (χ0n) is 10.2. The number of nitro benzene ring substituents is 1. The minimum Gasteiger partial charge on any atom is -0.496 e. The van der Waals surface area contributed by atoms with Crippen molar-refractivity contribution in [1.29, 1.82) is 0 Å². The van der Waals surface area contributed by atoms with Crippen molar-refractivity contribution in [2.24, 2.45) is 0 Å². The van der Waals surface area contributed by atoms with E-state index in [1.54, 1.807) is 6.07 Å². The highest BCUT2D eigenvalue weighted by Gasteiger charge is 2.12. The van der Waals surface area contributed by atoms with E-state index >= 15 is 0 Å². The number of hydrogen-bond donors (Lipinski definition) is 0. The van der Waals surface area contributed by atoms with Crippen LogP contribution in [0.5, 0.6) is 5.75 Å². The summed E-state index contributed by atoms with van der Waals surface area (Å²) >= 11 is 0. The lowest BCUT2D eigenvalue weighted by Crippen LogP contribution is -1.92. The van der Waals surface area contributed by atoms with Gasteiger partial charge in [0.1, 0.15) is 5.75 Å². The topological polar surface area (TPSA) is 52.4 Å². The van der Waals surface area contributed by atoms with E-state index in [0.29, 0.717) is 5.75 Å². The molecule has 0 fully saturated rings. The highest BCUT2D eigenvalue weighted by molar-refractivity contribution is 5.72. The van der Waals surface area contributed by atoms with Gasteiger partial charge in [-0.25, -0.2) is 0 Å². The van der Waals surface area contributed by atoms with Crippen molar-refractivity contribution in [3.05, 3.63) is 58.1 Å². The standard InChI is InChI=1S/C14H13NO3/c1-10-4-3-5-11(8-10)13-7-6-12(15(16)17)9-14(13)18-2/h3-9H,1-2H3. The minimum atomic E-state index is -0.428. The Bertz CT molecular complexity index is 593. The summed E-state index contributed by atoms with van der Waals surface area (Å²) in [6, 6.07) is 12.6. The zero-order valence-corrected chi connectivity index (χ0v) is 10.2. The molecule has 2 aromatic carbocycles. The van der Waals surface area contributed by atoms with Crippen molar-refractivity contribution in [1.82, 2.24) is 0 Å². The lowest BCUT2D eigenvalue weighted by molar-refractivity contribution is -0.384. The highest BCUT2D eigenvalue weighted by Crippen LogP contribution is 2.33. The number of nitrogens with zero attached hydrogens (tertiary/aromatic N) is 1. The lowest BCUT2D eigenvalue weighted by atomic mass is 10.0. The first-order valence-corrected chi connectivity index (χ1v) is 5.51. The molecule has 0 unspecified atom stereocenters. The quantitative estimate of drug-likeness (QED) is 0.611. The maximum atomic E-state index is 10.7. The van der Waals surface area contributed by atoms with Crippen LogP contribution in [-0.4, -0.2) is 12.0 Å². The summed E-state index contributed by atoms with van der Waals surface area (Å²) in [6.45, 7) is 2.00. The Balaban J connectivity index is 2.54. The van der Waals surface area contributed by atoms with E-state index in [-0.39, 0.29) is 5.69 Å². The smallest absolute Gasteiger partial charge is 0.273 e. The maximum Gasteiger partial charge on any atom is 0.273 e. The van der Waals surface area contributed by atoms with Gasteiger partial charge < -0.3 is 4.74 Å². The Kier molecular flexibility index (Phi) is 3.28. The first-order valence-electron chi connectivity index (χ1n) is 5.51. The van der Waals surface area contributed by atoms with Gasteiger partial charge in [-0.1, -0.05) is 29.8 Å². The van der Waals surface area contributed by atoms with Crippen molar-refractivity contribution < 1.29 is 9.66 Å². The van der Waals surface area contributed by atoms with Crippen LogP contribution in [0.25, 0.3) is 11.1 Å². The summed E-state index contributed by atoms with van der Waals surface area (Å²) in [7, 11) is 1.51. The molecule has 0 saturated carbocycles. The van der Waals surface area contributed by atoms with Crippen LogP contribution >= 0.6 is 0 Å². The van der Waals surface area contributed by atoms with E-state index < -0.39 is 4.92 Å². The molecule has 18 heavy (non-hydrogen) atoms. The number of benzene rings is 2. The molecule has 2 rings (SSSR count). The van der Waals surface area contributed by atoms with E-state index in [1.807, 2.05) is 31.2 Å². The number of aryl methyl sites for hydroxylation is 1. The molecule has 4 nitrogen and oxygen atoms in total. The SMILES string of the molecule is COc1cc([N+](=O)[O-])ccc1-c1cccc(C)c1. The van der Waals surface area contributed by atoms with Gasteiger partial charge in [0.2, 0.25) is 0 Å². The number of hydrogen-bond acceptors (Lipinski definition) is 3. The van der Waals surface area contributed by atoms with Gasteiger partial charge in [0.25, 0.3) is 5.69 Å². The largest absolute Gasteiger partial charge is 0.496 e. The maximum absolute atomic E-state index is 10.7. The van der Waals surface area contributed by atoms with Crippen LogP contribution in [0.15, 0.2) is 42.5 Å². The first-order chi connectivity index (χ1) is 8.61. The summed E-state index contributed by atoms with van der Waals surface area (Å²) in [5.41, 5.74) is 3.00. The minimum absolute atomic E-state index is 0.0308. The van der Waals surface area contributed by atoms with Crippen LogP contribution in [0.4, 0.5) is 5.69 Å². The summed E-state index contributed by atoms with van der Waals surface area (Å²) < 4.78 is 5.23. The molecule has 0 spiro atoms. The third-order valence-electron chi connectivity index (χ3n) is 2.73. The summed E-state index contributed by atoms with van der Waals surface area (Å²) in [5, 5.41) is 10.7. The Morgan fingerprint density at radius 2 is 1.94 bits per heavy atom. The van der Waals surface area contributed by atoms with Crippen LogP contribution in [0.3, 0.4) is 0 Å². The molecule has 0 N–H and O–H groups in total. The van der Waals surface area contributed by atoms with E-state index in [9.17, 15) is 10.1 Å². The third kappa shape index (κ3) is 2.32. The van der Waals surface area contributed by atoms with Crippen molar-refractivity contribution in [2.75, 3.05) is 7.11 Å². The predicted molar refractivity (Wildman–Crippen MR) is 69.8 cm³/mol. The van der Waals surface area contributed by atoms with Gasteiger partial charge in [0, 0.05) is 11.6 Å². The van der Waals surface area contributed by atoms with Gasteiger partial charge in [0.05, 0.1) is 18.1 Å². The molecular weight excluding hydrogens is 230 g/mol. The Hall–Kier alpha value is -2.36. The molecule has 0 saturated heterocycles. The van der Waals surface area contributed by atoms with Gasteiger partial charge in [-0.2, -0.15) is 0 Å². The molecule has 0 aliphatic heterocycles. The monoisotopic (exact) mass is 243 g/mol. The number of rotatable bonds is 3. The molecular formula is C14H13NO3. The van der Waals surface area contributed by atoms with Crippen molar-refractivity contribution in [2.45, 2.75) is 6.92 Å². The second-order valence-corrected chi connectivity index (χ2v) is 4.01. The molecule has 0 bridgehead atoms. The first kappa shape index (κ1) is 12.1. The fourth-order valence-electron chi connectivity index (χ4n) is 1.84. The highest BCUT2D eigenvalue weighted by atomic mass is 16.6. The van der Waals surface area contributed by atoms with Crippen molar-refractivity contribution in [3.8, 4) is 16.9 Å². The van der Waals surface area contributed by atoms with E-state index in [0.717, 1.165) is 16.7 Å². The number of nitro groups is 1. The molecule has 0 aliphatic carbocycles. The van der Waals surface area contributed by atoms with E-state index in [1.165, 1.54) is 19.2 Å². The van der Waals surface area contributed by atoms with E-state index in [2.05, 4.69) is 0 Å². The molecule has 0 radical (unpaired) electrons. The average Bonchev–Trinajstić information content (AvgIpc) is 2.37. The Labute approximate surface area is 105 Å². The molecule has 4 heteroatoms. The fraction of sp³-hybridized carbons (Fsp3) is 0.143. The van der Waals surface area contributed by atoms with Gasteiger partial charge in [-0.15, -0.1) is 0 Å². The summed E-state index contributed by atoms with van der Waals surface area (Å²) in [6.07, 6.45) is 0. The van der Waals surface area contributed by atoms with Crippen LogP contribution in [0, 0.1) is 17.0 Å². The number of ether oxygens (including phenoxy) is 1. The summed E-state index contributed by atoms with van der Waals surface area (Å²) in [4.78, 5) is 10.3. The zero-order chi connectivity index (χ0) is 13.1. The van der Waals surface area contributed by atoms with Crippen molar-refractivity contribution >= 4 is 5.69 Å². The van der Waals surface area contributed by atoms with Gasteiger partial charge in [-0.3, -0.25) is 10.1 Å². The summed E-state index contributed by atoms with van der Waals surface area (Å²) in [5.74, 6) is 0.509. The predicted octanol–water partition coefficient (Wildman–Crippen LogP) is 3.58. The van der Waals surface area contributed by atoms with Crippen LogP contribution in [0.2, 0.25) is 0 Å². The average molecular weight is 243 g/mol. The van der Waals surface area contributed by atoms with Gasteiger partial charge in [0.15, 0.2) is 0 Å². The van der Waals surface area contributed by atoms with Gasteiger partial charge in [-0.05, 0) is 18.6 Å². The lowest BCUT2D eigenvalue weighted by Gasteiger charge is -2.09. The van der Waals surface area contributed by atoms with Crippen molar-refractivity contribution in [3.63, 3.8) is 0 Å². The second-order valence-electron chi connectivity index (χ2n) is 4.01. The molecule has 0 aromatic heterocycles. The number of methoxy groups -OCH3 is 1. The Morgan fingerprint density at radius 3 is 2.56 bits per heavy atom. The second kappa shape index (κ2) is 4.87. The van der Waals surface area contributed by atoms with Crippen LogP contribution in [0.1, 0.15) is 5.56 Å². The van der Waals surface area contributed by atoms with Crippen LogP contribution in [-0.2, 0) is 0 Å². The molecule has 0 heterocycles. The normalized spacial score (nSPS) is 10.1. The van der Waals surface area contributed by atoms with Crippen LogP contribution < -0.4 is 4.74 Å². The number of non-ortho nitro benzene ring substituents is 1. The molecule has 0 amide bonds. The Morgan fingerprint density at radius 1 is 1.17 bits per heavy atom. The molecule has 0 atom stereocenters. The van der Waals surface area contributed by atoms with Gasteiger partial charge >= 0.3 is 0 Å². The molecule has 2 aromatic rings. The molecule has 0 aliphatic rings. The fourth-order valence-corrected chi connectivity index (χ4v) is 1.84.